The lowest BCUT2D eigenvalue weighted by Gasteiger charge is -2.30. The molecule has 0 spiro atoms. The monoisotopic (exact) mass is 412 g/mol. The van der Waals surface area contributed by atoms with Crippen molar-refractivity contribution in [2.75, 3.05) is 13.1 Å². The highest BCUT2D eigenvalue weighted by molar-refractivity contribution is 7.98. The molecule has 1 saturated heterocycles. The molecule has 146 valence electrons. The van der Waals surface area contributed by atoms with Gasteiger partial charge in [-0.05, 0) is 42.5 Å². The van der Waals surface area contributed by atoms with E-state index in [0.717, 1.165) is 48.1 Å². The number of benzene rings is 2. The predicted molar refractivity (Wildman–Crippen MR) is 118 cm³/mol. The zero-order valence-corrected chi connectivity index (χ0v) is 17.7. The predicted octanol–water partition coefficient (Wildman–Crippen LogP) is 5.85. The van der Waals surface area contributed by atoms with Crippen molar-refractivity contribution in [3.05, 3.63) is 65.3 Å². The standard InChI is InChI=1S/C23H25ClN2OS/c1-17-10-12-25(13-11-17)23(27)15-26-14-22(20-4-2-3-5-21(20)26)28-16-18-6-8-19(24)9-7-18/h2-9,14,17H,10-13,15-16H2,1H3. The molecule has 1 aliphatic rings. The molecule has 1 aromatic heterocycles. The summed E-state index contributed by atoms with van der Waals surface area (Å²) in [6.07, 6.45) is 4.36. The Bertz CT molecular complexity index is 958. The van der Waals surface area contributed by atoms with Crippen molar-refractivity contribution in [1.82, 2.24) is 9.47 Å². The molecule has 2 aromatic carbocycles. The second-order valence-corrected chi connectivity index (χ2v) is 9.07. The molecule has 4 rings (SSSR count). The van der Waals surface area contributed by atoms with Crippen LogP contribution >= 0.6 is 23.4 Å². The van der Waals surface area contributed by atoms with Crippen molar-refractivity contribution in [3.8, 4) is 0 Å². The number of thioether (sulfide) groups is 1. The normalized spacial score (nSPS) is 15.3. The van der Waals surface area contributed by atoms with E-state index < -0.39 is 0 Å². The average Bonchev–Trinajstić information content (AvgIpc) is 3.06. The van der Waals surface area contributed by atoms with E-state index in [-0.39, 0.29) is 5.91 Å². The van der Waals surface area contributed by atoms with Crippen LogP contribution in [0.3, 0.4) is 0 Å². The summed E-state index contributed by atoms with van der Waals surface area (Å²) in [5.41, 5.74) is 2.37. The third kappa shape index (κ3) is 4.39. The molecule has 0 unspecified atom stereocenters. The molecule has 1 amide bonds. The van der Waals surface area contributed by atoms with Crippen LogP contribution in [-0.2, 0) is 17.1 Å². The summed E-state index contributed by atoms with van der Waals surface area (Å²) in [4.78, 5) is 16.1. The van der Waals surface area contributed by atoms with Crippen LogP contribution in [0, 0.1) is 5.92 Å². The molecule has 1 aliphatic heterocycles. The van der Waals surface area contributed by atoms with Crippen molar-refractivity contribution >= 4 is 40.2 Å². The van der Waals surface area contributed by atoms with Crippen molar-refractivity contribution in [2.24, 2.45) is 5.92 Å². The number of carbonyl (C=O) groups excluding carboxylic acids is 1. The van der Waals surface area contributed by atoms with Gasteiger partial charge in [-0.3, -0.25) is 4.79 Å². The van der Waals surface area contributed by atoms with E-state index in [2.05, 4.69) is 48.0 Å². The fourth-order valence-corrected chi connectivity index (χ4v) is 4.87. The quantitative estimate of drug-likeness (QED) is 0.491. The zero-order valence-electron chi connectivity index (χ0n) is 16.1. The minimum atomic E-state index is 0.224. The smallest absolute Gasteiger partial charge is 0.242 e. The van der Waals surface area contributed by atoms with Gasteiger partial charge in [0.05, 0.1) is 0 Å². The lowest BCUT2D eigenvalue weighted by Crippen LogP contribution is -2.39. The van der Waals surface area contributed by atoms with Gasteiger partial charge >= 0.3 is 0 Å². The van der Waals surface area contributed by atoms with E-state index in [1.807, 2.05) is 23.1 Å². The molecule has 0 atom stereocenters. The lowest BCUT2D eigenvalue weighted by molar-refractivity contribution is -0.133. The van der Waals surface area contributed by atoms with E-state index in [0.29, 0.717) is 6.54 Å². The number of nitrogens with zero attached hydrogens (tertiary/aromatic N) is 2. The summed E-state index contributed by atoms with van der Waals surface area (Å²) >= 11 is 7.79. The highest BCUT2D eigenvalue weighted by Gasteiger charge is 2.21. The van der Waals surface area contributed by atoms with Crippen molar-refractivity contribution in [3.63, 3.8) is 0 Å². The zero-order chi connectivity index (χ0) is 19.5. The van der Waals surface area contributed by atoms with E-state index in [1.165, 1.54) is 15.8 Å². The Balaban J connectivity index is 1.51. The second-order valence-electron chi connectivity index (χ2n) is 7.62. The largest absolute Gasteiger partial charge is 0.341 e. The molecule has 0 radical (unpaired) electrons. The van der Waals surface area contributed by atoms with Crippen LogP contribution in [0.15, 0.2) is 59.6 Å². The van der Waals surface area contributed by atoms with Gasteiger partial charge in [-0.25, -0.2) is 0 Å². The molecule has 5 heteroatoms. The van der Waals surface area contributed by atoms with Crippen LogP contribution < -0.4 is 0 Å². The second kappa shape index (κ2) is 8.62. The van der Waals surface area contributed by atoms with E-state index in [4.69, 9.17) is 11.6 Å². The van der Waals surface area contributed by atoms with Crippen molar-refractivity contribution in [2.45, 2.75) is 37.0 Å². The van der Waals surface area contributed by atoms with Crippen LogP contribution in [-0.4, -0.2) is 28.5 Å². The fourth-order valence-electron chi connectivity index (χ4n) is 3.70. The van der Waals surface area contributed by atoms with Gasteiger partial charge < -0.3 is 9.47 Å². The highest BCUT2D eigenvalue weighted by Crippen LogP contribution is 2.32. The highest BCUT2D eigenvalue weighted by atomic mass is 35.5. The maximum absolute atomic E-state index is 12.8. The Morgan fingerprint density at radius 2 is 1.82 bits per heavy atom. The summed E-state index contributed by atoms with van der Waals surface area (Å²) < 4.78 is 2.11. The third-order valence-electron chi connectivity index (χ3n) is 5.50. The summed E-state index contributed by atoms with van der Waals surface area (Å²) in [5, 5.41) is 1.97. The molecule has 0 saturated carbocycles. The number of piperidine rings is 1. The summed E-state index contributed by atoms with van der Waals surface area (Å²) in [6, 6.07) is 16.3. The number of likely N-dealkylation sites (tertiary alicyclic amines) is 1. The van der Waals surface area contributed by atoms with Gasteiger partial charge in [-0.2, -0.15) is 0 Å². The van der Waals surface area contributed by atoms with Crippen LogP contribution in [0.5, 0.6) is 0 Å². The van der Waals surface area contributed by atoms with Gasteiger partial charge in [0.1, 0.15) is 6.54 Å². The SMILES string of the molecule is CC1CCN(C(=O)Cn2cc(SCc3ccc(Cl)cc3)c3ccccc32)CC1. The summed E-state index contributed by atoms with van der Waals surface area (Å²) in [6.45, 7) is 4.45. The summed E-state index contributed by atoms with van der Waals surface area (Å²) in [5.74, 6) is 1.83. The number of hydrogen-bond donors (Lipinski definition) is 0. The number of carbonyl (C=O) groups is 1. The van der Waals surface area contributed by atoms with Gasteiger partial charge in [0.25, 0.3) is 0 Å². The number of amides is 1. The molecular weight excluding hydrogens is 388 g/mol. The summed E-state index contributed by atoms with van der Waals surface area (Å²) in [7, 11) is 0. The first-order chi connectivity index (χ1) is 13.6. The van der Waals surface area contributed by atoms with Crippen LogP contribution in [0.2, 0.25) is 5.02 Å². The Morgan fingerprint density at radius 1 is 1.11 bits per heavy atom. The molecule has 3 nitrogen and oxygen atoms in total. The van der Waals surface area contributed by atoms with Crippen molar-refractivity contribution in [1.29, 1.82) is 0 Å². The molecule has 3 aromatic rings. The first kappa shape index (κ1) is 19.4. The third-order valence-corrected chi connectivity index (χ3v) is 6.87. The van der Waals surface area contributed by atoms with E-state index >= 15 is 0 Å². The Hall–Kier alpha value is -1.91. The van der Waals surface area contributed by atoms with E-state index in [1.54, 1.807) is 11.8 Å². The molecular formula is C23H25ClN2OS. The number of aromatic nitrogens is 1. The van der Waals surface area contributed by atoms with Gasteiger partial charge in [0, 0.05) is 45.9 Å². The van der Waals surface area contributed by atoms with E-state index in [9.17, 15) is 4.79 Å². The fraction of sp³-hybridized carbons (Fsp3) is 0.348. The maximum Gasteiger partial charge on any atom is 0.242 e. The number of hydrogen-bond acceptors (Lipinski definition) is 2. The molecule has 28 heavy (non-hydrogen) atoms. The van der Waals surface area contributed by atoms with Gasteiger partial charge in [-0.1, -0.05) is 48.9 Å². The topological polar surface area (TPSA) is 25.2 Å². The van der Waals surface area contributed by atoms with Crippen LogP contribution in [0.4, 0.5) is 0 Å². The Morgan fingerprint density at radius 3 is 2.57 bits per heavy atom. The minimum absolute atomic E-state index is 0.224. The molecule has 2 heterocycles. The molecule has 0 N–H and O–H groups in total. The number of halogens is 1. The van der Waals surface area contributed by atoms with Gasteiger partial charge in [0.2, 0.25) is 5.91 Å². The van der Waals surface area contributed by atoms with Crippen LogP contribution in [0.1, 0.15) is 25.3 Å². The first-order valence-corrected chi connectivity index (χ1v) is 11.2. The Labute approximate surface area is 175 Å². The molecule has 0 bridgehead atoms. The average molecular weight is 413 g/mol. The number of fused-ring (bicyclic) bond motifs is 1. The van der Waals surface area contributed by atoms with Crippen LogP contribution in [0.25, 0.3) is 10.9 Å². The number of para-hydroxylation sites is 1. The minimum Gasteiger partial charge on any atom is -0.341 e. The molecule has 1 fully saturated rings. The van der Waals surface area contributed by atoms with Crippen molar-refractivity contribution < 1.29 is 4.79 Å². The first-order valence-electron chi connectivity index (χ1n) is 9.83. The van der Waals surface area contributed by atoms with Gasteiger partial charge in [0.15, 0.2) is 0 Å². The van der Waals surface area contributed by atoms with Gasteiger partial charge in [-0.15, -0.1) is 11.8 Å². The number of rotatable bonds is 5. The Kier molecular flexibility index (Phi) is 5.98. The maximum atomic E-state index is 12.8. The lowest BCUT2D eigenvalue weighted by atomic mass is 9.99. The molecule has 0 aliphatic carbocycles.